The van der Waals surface area contributed by atoms with E-state index in [1.54, 1.807) is 36.5 Å². The SMILES string of the molecule is O=[N+]([O-])c1ccc(/C=N/Nc2nc3ncccc3cc2-c2cccc(F)c2)cc1. The summed E-state index contributed by atoms with van der Waals surface area (Å²) in [4.78, 5) is 19.0. The normalized spacial score (nSPS) is 11.1. The van der Waals surface area contributed by atoms with Crippen molar-refractivity contribution < 1.29 is 9.31 Å². The molecule has 0 saturated heterocycles. The third kappa shape index (κ3) is 4.06. The topological polar surface area (TPSA) is 93.3 Å². The van der Waals surface area contributed by atoms with Crippen molar-refractivity contribution in [3.63, 3.8) is 0 Å². The number of hydrogen-bond donors (Lipinski definition) is 1. The molecule has 0 radical (unpaired) electrons. The first-order valence-electron chi connectivity index (χ1n) is 8.65. The second-order valence-electron chi connectivity index (χ2n) is 6.16. The molecule has 0 aliphatic heterocycles. The lowest BCUT2D eigenvalue weighted by Crippen LogP contribution is -1.98. The van der Waals surface area contributed by atoms with E-state index in [-0.39, 0.29) is 11.5 Å². The van der Waals surface area contributed by atoms with Gasteiger partial charge in [-0.15, -0.1) is 0 Å². The fourth-order valence-electron chi connectivity index (χ4n) is 2.82. The maximum Gasteiger partial charge on any atom is 0.269 e. The van der Waals surface area contributed by atoms with E-state index in [0.29, 0.717) is 28.2 Å². The summed E-state index contributed by atoms with van der Waals surface area (Å²) in [7, 11) is 0. The van der Waals surface area contributed by atoms with Crippen LogP contribution in [0.2, 0.25) is 0 Å². The van der Waals surface area contributed by atoms with Gasteiger partial charge in [0.25, 0.3) is 5.69 Å². The summed E-state index contributed by atoms with van der Waals surface area (Å²) < 4.78 is 13.7. The number of benzene rings is 2. The highest BCUT2D eigenvalue weighted by molar-refractivity contribution is 5.88. The first kappa shape index (κ1) is 18.2. The summed E-state index contributed by atoms with van der Waals surface area (Å²) in [6.45, 7) is 0. The molecule has 0 atom stereocenters. The fraction of sp³-hybridized carbons (Fsp3) is 0. The molecule has 7 nitrogen and oxygen atoms in total. The van der Waals surface area contributed by atoms with E-state index < -0.39 is 4.92 Å². The van der Waals surface area contributed by atoms with Crippen LogP contribution in [0.25, 0.3) is 22.2 Å². The van der Waals surface area contributed by atoms with Gasteiger partial charge in [-0.1, -0.05) is 12.1 Å². The number of nitrogens with one attached hydrogen (secondary N) is 1. The molecule has 1 N–H and O–H groups in total. The van der Waals surface area contributed by atoms with Crippen LogP contribution in [0, 0.1) is 15.9 Å². The molecule has 29 heavy (non-hydrogen) atoms. The monoisotopic (exact) mass is 387 g/mol. The van der Waals surface area contributed by atoms with Crippen molar-refractivity contribution in [3.8, 4) is 11.1 Å². The molecule has 0 saturated carbocycles. The van der Waals surface area contributed by atoms with Crippen LogP contribution < -0.4 is 5.43 Å². The third-order valence-electron chi connectivity index (χ3n) is 4.21. The van der Waals surface area contributed by atoms with E-state index in [2.05, 4.69) is 20.5 Å². The first-order valence-corrected chi connectivity index (χ1v) is 8.65. The number of hydrazone groups is 1. The maximum atomic E-state index is 13.7. The van der Waals surface area contributed by atoms with Gasteiger partial charge in [-0.2, -0.15) is 5.10 Å². The van der Waals surface area contributed by atoms with Crippen LogP contribution in [-0.2, 0) is 0 Å². The Morgan fingerprint density at radius 1 is 1.07 bits per heavy atom. The van der Waals surface area contributed by atoms with Crippen LogP contribution in [0.3, 0.4) is 0 Å². The lowest BCUT2D eigenvalue weighted by Gasteiger charge is -2.10. The second-order valence-corrected chi connectivity index (χ2v) is 6.16. The van der Waals surface area contributed by atoms with Crippen molar-refractivity contribution in [3.05, 3.63) is 94.4 Å². The molecule has 142 valence electrons. The molecular formula is C21H14FN5O2. The van der Waals surface area contributed by atoms with Gasteiger partial charge in [0, 0.05) is 29.3 Å². The Morgan fingerprint density at radius 2 is 1.90 bits per heavy atom. The van der Waals surface area contributed by atoms with Crippen LogP contribution in [0.5, 0.6) is 0 Å². The van der Waals surface area contributed by atoms with Gasteiger partial charge in [-0.3, -0.25) is 15.5 Å². The molecule has 2 aromatic carbocycles. The fourth-order valence-corrected chi connectivity index (χ4v) is 2.82. The number of hydrogen-bond acceptors (Lipinski definition) is 6. The standard InChI is InChI=1S/C21H14FN5O2/c22-17-5-1-3-15(11-17)19-12-16-4-2-10-23-20(16)25-21(19)26-24-13-14-6-8-18(9-7-14)27(28)29/h1-13H,(H,23,25,26)/b24-13+. The van der Waals surface area contributed by atoms with Crippen molar-refractivity contribution in [1.29, 1.82) is 0 Å². The second kappa shape index (κ2) is 7.81. The first-order chi connectivity index (χ1) is 14.1. The minimum atomic E-state index is -0.462. The molecule has 2 heterocycles. The molecule has 4 rings (SSSR count). The van der Waals surface area contributed by atoms with Crippen LogP contribution in [0.4, 0.5) is 15.9 Å². The van der Waals surface area contributed by atoms with Crippen molar-refractivity contribution in [2.45, 2.75) is 0 Å². The molecule has 2 aromatic heterocycles. The Hall–Kier alpha value is -4.20. The van der Waals surface area contributed by atoms with Crippen LogP contribution in [0.1, 0.15) is 5.56 Å². The highest BCUT2D eigenvalue weighted by Crippen LogP contribution is 2.30. The molecule has 8 heteroatoms. The molecule has 4 aromatic rings. The van der Waals surface area contributed by atoms with Gasteiger partial charge in [0.15, 0.2) is 11.5 Å². The number of fused-ring (bicyclic) bond motifs is 1. The smallest absolute Gasteiger partial charge is 0.261 e. The molecule has 0 unspecified atom stereocenters. The zero-order chi connectivity index (χ0) is 20.2. The number of pyridine rings is 2. The quantitative estimate of drug-likeness (QED) is 0.302. The Morgan fingerprint density at radius 3 is 2.66 bits per heavy atom. The van der Waals surface area contributed by atoms with Gasteiger partial charge < -0.3 is 0 Å². The summed E-state index contributed by atoms with van der Waals surface area (Å²) in [6.07, 6.45) is 3.16. The number of anilines is 1. The van der Waals surface area contributed by atoms with E-state index >= 15 is 0 Å². The molecule has 0 aliphatic carbocycles. The summed E-state index contributed by atoms with van der Waals surface area (Å²) in [5.41, 5.74) is 5.40. The van der Waals surface area contributed by atoms with Crippen LogP contribution in [0.15, 0.2) is 78.0 Å². The molecule has 0 spiro atoms. The summed E-state index contributed by atoms with van der Waals surface area (Å²) in [5, 5.41) is 15.7. The lowest BCUT2D eigenvalue weighted by atomic mass is 10.1. The number of nitrogens with zero attached hydrogens (tertiary/aromatic N) is 4. The van der Waals surface area contributed by atoms with E-state index in [4.69, 9.17) is 0 Å². The average molecular weight is 387 g/mol. The van der Waals surface area contributed by atoms with Crippen molar-refractivity contribution >= 4 is 28.8 Å². The van der Waals surface area contributed by atoms with Gasteiger partial charge in [-0.05, 0) is 53.6 Å². The van der Waals surface area contributed by atoms with Crippen molar-refractivity contribution in [1.82, 2.24) is 9.97 Å². The van der Waals surface area contributed by atoms with Crippen LogP contribution in [-0.4, -0.2) is 21.1 Å². The summed E-state index contributed by atoms with van der Waals surface area (Å²) in [6, 6.07) is 17.7. The lowest BCUT2D eigenvalue weighted by molar-refractivity contribution is -0.384. The Bertz CT molecular complexity index is 1230. The number of halogens is 1. The van der Waals surface area contributed by atoms with Gasteiger partial charge >= 0.3 is 0 Å². The van der Waals surface area contributed by atoms with Gasteiger partial charge in [-0.25, -0.2) is 14.4 Å². The Kier molecular flexibility index (Phi) is 4.90. The molecule has 0 amide bonds. The van der Waals surface area contributed by atoms with E-state index in [0.717, 1.165) is 5.39 Å². The Labute approximate surface area is 164 Å². The highest BCUT2D eigenvalue weighted by Gasteiger charge is 2.10. The summed E-state index contributed by atoms with van der Waals surface area (Å²) >= 11 is 0. The van der Waals surface area contributed by atoms with E-state index in [1.165, 1.54) is 30.5 Å². The molecule has 0 bridgehead atoms. The van der Waals surface area contributed by atoms with Gasteiger partial charge in [0.2, 0.25) is 0 Å². The molecular weight excluding hydrogens is 373 g/mol. The van der Waals surface area contributed by atoms with Gasteiger partial charge in [0.1, 0.15) is 5.82 Å². The van der Waals surface area contributed by atoms with Gasteiger partial charge in [0.05, 0.1) is 11.1 Å². The Balaban J connectivity index is 1.68. The number of aromatic nitrogens is 2. The number of rotatable bonds is 5. The average Bonchev–Trinajstić information content (AvgIpc) is 2.73. The largest absolute Gasteiger partial charge is 0.269 e. The van der Waals surface area contributed by atoms with Crippen molar-refractivity contribution in [2.75, 3.05) is 5.43 Å². The summed E-state index contributed by atoms with van der Waals surface area (Å²) in [5.74, 6) is 0.0640. The zero-order valence-corrected chi connectivity index (χ0v) is 15.0. The predicted molar refractivity (Wildman–Crippen MR) is 109 cm³/mol. The van der Waals surface area contributed by atoms with E-state index in [9.17, 15) is 14.5 Å². The number of non-ortho nitro benzene ring substituents is 1. The number of nitro groups is 1. The highest BCUT2D eigenvalue weighted by atomic mass is 19.1. The molecule has 0 fully saturated rings. The maximum absolute atomic E-state index is 13.7. The minimum absolute atomic E-state index is 0.00534. The minimum Gasteiger partial charge on any atom is -0.261 e. The van der Waals surface area contributed by atoms with Crippen LogP contribution >= 0.6 is 0 Å². The van der Waals surface area contributed by atoms with E-state index in [1.807, 2.05) is 12.1 Å². The van der Waals surface area contributed by atoms with Crippen molar-refractivity contribution in [2.24, 2.45) is 5.10 Å². The zero-order valence-electron chi connectivity index (χ0n) is 15.0. The third-order valence-corrected chi connectivity index (χ3v) is 4.21. The number of nitro benzene ring substituents is 1. The predicted octanol–water partition coefficient (Wildman–Crippen LogP) is 4.79. The molecule has 0 aliphatic rings.